The number of esters is 1. The van der Waals surface area contributed by atoms with E-state index < -0.39 is 18.2 Å². The van der Waals surface area contributed by atoms with Gasteiger partial charge in [0.15, 0.2) is 0 Å². The number of carbonyl (C=O) groups is 1. The fourth-order valence-corrected chi connectivity index (χ4v) is 0.281. The van der Waals surface area contributed by atoms with Crippen LogP contribution in [0.25, 0.3) is 0 Å². The standard InChI is InChI=1S/C5H7F3O2/c1-3(2)10-4(9)5(6,7)8/h3H,1-2H3. The third kappa shape index (κ3) is 3.32. The van der Waals surface area contributed by atoms with Crippen molar-refractivity contribution in [2.24, 2.45) is 0 Å². The number of halogens is 3. The Hall–Kier alpha value is -0.740. The molecule has 0 aromatic rings. The van der Waals surface area contributed by atoms with Gasteiger partial charge in [0.1, 0.15) is 0 Å². The Morgan fingerprint density at radius 3 is 1.90 bits per heavy atom. The summed E-state index contributed by atoms with van der Waals surface area (Å²) in [6.45, 7) is 2.70. The maximum absolute atomic E-state index is 11.3. The van der Waals surface area contributed by atoms with Crippen LogP contribution < -0.4 is 0 Å². The molecule has 0 bridgehead atoms. The fraction of sp³-hybridized carbons (Fsp3) is 0.800. The Kier molecular flexibility index (Phi) is 2.68. The van der Waals surface area contributed by atoms with E-state index in [1.165, 1.54) is 13.8 Å². The quantitative estimate of drug-likeness (QED) is 0.538. The van der Waals surface area contributed by atoms with E-state index in [1.807, 2.05) is 0 Å². The molecule has 5 heteroatoms. The van der Waals surface area contributed by atoms with E-state index >= 15 is 0 Å². The van der Waals surface area contributed by atoms with Crippen molar-refractivity contribution in [3.8, 4) is 0 Å². The average Bonchev–Trinajstić information content (AvgIpc) is 1.60. The summed E-state index contributed by atoms with van der Waals surface area (Å²) in [5.74, 6) is -2.14. The maximum Gasteiger partial charge on any atom is 0.490 e. The minimum atomic E-state index is -4.87. The first-order chi connectivity index (χ1) is 4.34. The van der Waals surface area contributed by atoms with Gasteiger partial charge >= 0.3 is 12.1 Å². The molecule has 0 atom stereocenters. The van der Waals surface area contributed by atoms with Crippen molar-refractivity contribution in [3.63, 3.8) is 0 Å². The summed E-state index contributed by atoms with van der Waals surface area (Å²) in [5.41, 5.74) is 0. The van der Waals surface area contributed by atoms with E-state index in [-0.39, 0.29) is 0 Å². The molecule has 0 radical (unpaired) electrons. The molecule has 0 saturated carbocycles. The second-order valence-electron chi connectivity index (χ2n) is 1.95. The van der Waals surface area contributed by atoms with Crippen molar-refractivity contribution in [1.82, 2.24) is 0 Å². The topological polar surface area (TPSA) is 26.3 Å². The van der Waals surface area contributed by atoms with Crippen LogP contribution in [-0.4, -0.2) is 18.2 Å². The summed E-state index contributed by atoms with van der Waals surface area (Å²) in [6.07, 6.45) is -5.60. The number of hydrogen-bond acceptors (Lipinski definition) is 2. The van der Waals surface area contributed by atoms with Gasteiger partial charge in [0.05, 0.1) is 6.10 Å². The van der Waals surface area contributed by atoms with Crippen LogP contribution in [0.15, 0.2) is 0 Å². The molecule has 0 aliphatic heterocycles. The van der Waals surface area contributed by atoms with Gasteiger partial charge in [-0.05, 0) is 13.8 Å². The molecule has 0 aliphatic rings. The zero-order valence-electron chi connectivity index (χ0n) is 5.53. The van der Waals surface area contributed by atoms with Crippen LogP contribution in [0.4, 0.5) is 13.2 Å². The Balaban J connectivity index is 3.87. The third-order valence-electron chi connectivity index (χ3n) is 0.574. The van der Waals surface area contributed by atoms with E-state index in [4.69, 9.17) is 0 Å². The van der Waals surface area contributed by atoms with Gasteiger partial charge in [-0.25, -0.2) is 4.79 Å². The summed E-state index contributed by atoms with van der Waals surface area (Å²) in [6, 6.07) is 0. The smallest absolute Gasteiger partial charge is 0.456 e. The monoisotopic (exact) mass is 156 g/mol. The van der Waals surface area contributed by atoms with Gasteiger partial charge in [0.2, 0.25) is 0 Å². The van der Waals surface area contributed by atoms with Gasteiger partial charge in [-0.3, -0.25) is 0 Å². The zero-order chi connectivity index (χ0) is 8.36. The molecule has 0 aliphatic carbocycles. The molecule has 0 aromatic carbocycles. The van der Waals surface area contributed by atoms with Gasteiger partial charge in [-0.2, -0.15) is 13.2 Å². The summed E-state index contributed by atoms with van der Waals surface area (Å²) in [4.78, 5) is 9.93. The van der Waals surface area contributed by atoms with E-state index in [2.05, 4.69) is 4.74 Å². The van der Waals surface area contributed by atoms with Crippen LogP contribution in [-0.2, 0) is 9.53 Å². The molecule has 0 fully saturated rings. The normalized spacial score (nSPS) is 11.8. The van der Waals surface area contributed by atoms with Crippen molar-refractivity contribution in [1.29, 1.82) is 0 Å². The molecule has 0 saturated heterocycles. The Bertz CT molecular complexity index is 127. The van der Waals surface area contributed by atoms with Crippen LogP contribution in [0.1, 0.15) is 13.8 Å². The lowest BCUT2D eigenvalue weighted by Crippen LogP contribution is -2.27. The summed E-state index contributed by atoms with van der Waals surface area (Å²) in [7, 11) is 0. The van der Waals surface area contributed by atoms with Crippen LogP contribution in [0, 0.1) is 0 Å². The minimum Gasteiger partial charge on any atom is -0.456 e. The van der Waals surface area contributed by atoms with E-state index in [0.29, 0.717) is 0 Å². The highest BCUT2D eigenvalue weighted by atomic mass is 19.4. The van der Waals surface area contributed by atoms with E-state index in [9.17, 15) is 18.0 Å². The van der Waals surface area contributed by atoms with Crippen LogP contribution in [0.2, 0.25) is 0 Å². The Morgan fingerprint density at radius 2 is 1.80 bits per heavy atom. The lowest BCUT2D eigenvalue weighted by Gasteiger charge is -2.08. The van der Waals surface area contributed by atoms with Crippen LogP contribution >= 0.6 is 0 Å². The van der Waals surface area contributed by atoms with Gasteiger partial charge < -0.3 is 4.74 Å². The van der Waals surface area contributed by atoms with E-state index in [0.717, 1.165) is 0 Å². The molecular weight excluding hydrogens is 149 g/mol. The third-order valence-corrected chi connectivity index (χ3v) is 0.574. The molecule has 0 N–H and O–H groups in total. The predicted molar refractivity (Wildman–Crippen MR) is 27.3 cm³/mol. The first-order valence-corrected chi connectivity index (χ1v) is 2.62. The Labute approximate surface area is 56.0 Å². The maximum atomic E-state index is 11.3. The number of hydrogen-bond donors (Lipinski definition) is 0. The summed E-state index contributed by atoms with van der Waals surface area (Å²) < 4.78 is 37.9. The number of alkyl halides is 3. The van der Waals surface area contributed by atoms with Gasteiger partial charge in [0.25, 0.3) is 0 Å². The van der Waals surface area contributed by atoms with Crippen molar-refractivity contribution < 1.29 is 22.7 Å². The molecule has 0 unspecified atom stereocenters. The van der Waals surface area contributed by atoms with Crippen molar-refractivity contribution in [2.75, 3.05) is 0 Å². The van der Waals surface area contributed by atoms with Gasteiger partial charge in [-0.15, -0.1) is 0 Å². The largest absolute Gasteiger partial charge is 0.490 e. The highest BCUT2D eigenvalue weighted by Crippen LogP contribution is 2.17. The minimum absolute atomic E-state index is 0.728. The second kappa shape index (κ2) is 2.90. The molecule has 0 spiro atoms. The van der Waals surface area contributed by atoms with E-state index in [1.54, 1.807) is 0 Å². The molecule has 2 nitrogen and oxygen atoms in total. The molecule has 60 valence electrons. The highest BCUT2D eigenvalue weighted by molar-refractivity contribution is 5.75. The first kappa shape index (κ1) is 9.26. The van der Waals surface area contributed by atoms with Crippen molar-refractivity contribution >= 4 is 5.97 Å². The molecule has 0 amide bonds. The van der Waals surface area contributed by atoms with Crippen LogP contribution in [0.3, 0.4) is 0 Å². The molecular formula is C5H7F3O2. The van der Waals surface area contributed by atoms with Crippen molar-refractivity contribution in [3.05, 3.63) is 0 Å². The van der Waals surface area contributed by atoms with Crippen molar-refractivity contribution in [2.45, 2.75) is 26.1 Å². The summed E-state index contributed by atoms with van der Waals surface area (Å²) in [5, 5.41) is 0. The molecule has 0 heterocycles. The first-order valence-electron chi connectivity index (χ1n) is 2.62. The number of carbonyl (C=O) groups excluding carboxylic acids is 1. The van der Waals surface area contributed by atoms with Gasteiger partial charge in [-0.1, -0.05) is 0 Å². The lowest BCUT2D eigenvalue weighted by atomic mass is 10.5. The number of ether oxygens (including phenoxy) is 1. The molecule has 10 heavy (non-hydrogen) atoms. The lowest BCUT2D eigenvalue weighted by molar-refractivity contribution is -0.203. The summed E-state index contributed by atoms with van der Waals surface area (Å²) >= 11 is 0. The average molecular weight is 156 g/mol. The fourth-order valence-electron chi connectivity index (χ4n) is 0.281. The Morgan fingerprint density at radius 1 is 1.40 bits per heavy atom. The molecule has 0 rings (SSSR count). The second-order valence-corrected chi connectivity index (χ2v) is 1.95. The number of rotatable bonds is 1. The zero-order valence-corrected chi connectivity index (χ0v) is 5.53. The SMILES string of the molecule is CC(C)OC(=O)C(F)(F)F. The van der Waals surface area contributed by atoms with Gasteiger partial charge in [0, 0.05) is 0 Å². The highest BCUT2D eigenvalue weighted by Gasteiger charge is 2.41. The van der Waals surface area contributed by atoms with Crippen LogP contribution in [0.5, 0.6) is 0 Å². The molecule has 0 aromatic heterocycles. The predicted octanol–water partition coefficient (Wildman–Crippen LogP) is 1.50.